The van der Waals surface area contributed by atoms with Gasteiger partial charge in [0.2, 0.25) is 11.8 Å². The first-order valence-corrected chi connectivity index (χ1v) is 25.8. The molecule has 6 atom stereocenters. The van der Waals surface area contributed by atoms with Crippen LogP contribution in [0, 0.1) is 11.3 Å². The lowest BCUT2D eigenvalue weighted by molar-refractivity contribution is -0.145. The highest BCUT2D eigenvalue weighted by molar-refractivity contribution is 7.91. The van der Waals surface area contributed by atoms with Crippen LogP contribution < -0.4 is 30.7 Å². The number of carboxylic acid groups (broad SMARTS) is 1. The van der Waals surface area contributed by atoms with E-state index in [0.717, 1.165) is 42.2 Å². The van der Waals surface area contributed by atoms with Crippen molar-refractivity contribution in [3.8, 4) is 22.9 Å². The van der Waals surface area contributed by atoms with Crippen molar-refractivity contribution in [3.63, 3.8) is 0 Å². The lowest BCUT2D eigenvalue weighted by atomic mass is 9.87. The molecule has 1 aromatic carbocycles. The van der Waals surface area contributed by atoms with Crippen molar-refractivity contribution in [2.24, 2.45) is 11.3 Å². The van der Waals surface area contributed by atoms with Gasteiger partial charge in [0.15, 0.2) is 5.13 Å². The summed E-state index contributed by atoms with van der Waals surface area (Å²) < 4.78 is 40.5. The second-order valence-electron chi connectivity index (χ2n) is 19.0. The minimum Gasteiger partial charge on any atom is -0.497 e. The first-order chi connectivity index (χ1) is 31.3. The predicted octanol–water partition coefficient (Wildman–Crippen LogP) is 6.70. The Bertz CT molecular complexity index is 2510. The molecule has 1 unspecified atom stereocenters. The number of aliphatic carboxylic acids is 1. The average molecular weight is 967 g/mol. The molecule has 3 aliphatic rings. The largest absolute Gasteiger partial charge is 0.497 e. The summed E-state index contributed by atoms with van der Waals surface area (Å²) >= 11 is 2.56. The zero-order chi connectivity index (χ0) is 47.6. The third kappa shape index (κ3) is 11.0. The molecule has 4 aromatic rings. The summed E-state index contributed by atoms with van der Waals surface area (Å²) in [7, 11) is -0.784. The number of sulfonamides is 1. The molecule has 17 nitrogen and oxygen atoms in total. The molecule has 7 rings (SSSR count). The fourth-order valence-electron chi connectivity index (χ4n) is 8.78. The van der Waals surface area contributed by atoms with Gasteiger partial charge in [-0.05, 0) is 68.0 Å². The fourth-order valence-corrected chi connectivity index (χ4v) is 12.0. The van der Waals surface area contributed by atoms with Gasteiger partial charge in [0.25, 0.3) is 10.0 Å². The van der Waals surface area contributed by atoms with Gasteiger partial charge in [-0.15, -0.1) is 22.7 Å². The van der Waals surface area contributed by atoms with Crippen molar-refractivity contribution in [1.29, 1.82) is 0 Å². The Kier molecular flexibility index (Phi) is 14.8. The summed E-state index contributed by atoms with van der Waals surface area (Å²) in [5.41, 5.74) is -0.276. The van der Waals surface area contributed by atoms with Gasteiger partial charge in [-0.1, -0.05) is 58.9 Å². The van der Waals surface area contributed by atoms with E-state index in [0.29, 0.717) is 53.1 Å². The highest BCUT2D eigenvalue weighted by Crippen LogP contribution is 2.48. The number of carbonyl (C=O) groups excluding carboxylic acids is 3. The lowest BCUT2D eigenvalue weighted by Crippen LogP contribution is -2.59. The van der Waals surface area contributed by atoms with E-state index in [9.17, 15) is 32.7 Å². The maximum atomic E-state index is 15.0. The van der Waals surface area contributed by atoms with E-state index in [1.807, 2.05) is 46.1 Å². The second-order valence-corrected chi connectivity index (χ2v) is 23.1. The van der Waals surface area contributed by atoms with Crippen LogP contribution in [0.5, 0.6) is 11.5 Å². The van der Waals surface area contributed by atoms with E-state index in [-0.39, 0.29) is 42.1 Å². The number of thiophene rings is 1. The molecule has 358 valence electrons. The Labute approximate surface area is 394 Å². The Morgan fingerprint density at radius 2 is 1.79 bits per heavy atom. The maximum absolute atomic E-state index is 15.0. The molecule has 20 heteroatoms. The van der Waals surface area contributed by atoms with Gasteiger partial charge in [-0.2, -0.15) is 4.31 Å². The number of ether oxygens (including phenoxy) is 2. The van der Waals surface area contributed by atoms with Gasteiger partial charge >= 0.3 is 12.0 Å². The number of rotatable bonds is 13. The Morgan fingerprint density at radius 1 is 1.05 bits per heavy atom. The first-order valence-electron chi connectivity index (χ1n) is 22.6. The Hall–Kier alpha value is -5.05. The van der Waals surface area contributed by atoms with Crippen molar-refractivity contribution in [3.05, 3.63) is 47.2 Å². The Balaban J connectivity index is 1.18. The molecule has 2 aliphatic heterocycles. The number of hydrogen-bond donors (Lipinski definition) is 5. The van der Waals surface area contributed by atoms with E-state index in [1.165, 1.54) is 33.7 Å². The summed E-state index contributed by atoms with van der Waals surface area (Å²) in [5, 5.41) is 27.5. The summed E-state index contributed by atoms with van der Waals surface area (Å²) in [6.45, 7) is 9.66. The van der Waals surface area contributed by atoms with Gasteiger partial charge < -0.3 is 40.7 Å². The van der Waals surface area contributed by atoms with E-state index >= 15 is 0 Å². The first kappa shape index (κ1) is 48.9. The second kappa shape index (κ2) is 20.0. The number of nitrogens with one attached hydrogen (secondary N) is 4. The molecule has 4 amide bonds. The van der Waals surface area contributed by atoms with E-state index in [2.05, 4.69) is 21.3 Å². The van der Waals surface area contributed by atoms with Crippen LogP contribution in [-0.2, 0) is 24.4 Å². The van der Waals surface area contributed by atoms with Crippen LogP contribution in [0.25, 0.3) is 22.3 Å². The van der Waals surface area contributed by atoms with Crippen molar-refractivity contribution < 1.29 is 42.2 Å². The summed E-state index contributed by atoms with van der Waals surface area (Å²) in [4.78, 5) is 67.3. The number of carboxylic acids is 1. The number of thiazole rings is 1. The third-order valence-electron chi connectivity index (χ3n) is 12.7. The number of nitrogens with zero attached hydrogens (tertiary/aromatic N) is 4. The molecule has 0 radical (unpaired) electrons. The number of aromatic nitrogens is 2. The predicted molar refractivity (Wildman–Crippen MR) is 254 cm³/mol. The van der Waals surface area contributed by atoms with Crippen LogP contribution in [0.4, 0.5) is 9.93 Å². The van der Waals surface area contributed by atoms with E-state index < -0.39 is 69.0 Å². The van der Waals surface area contributed by atoms with Crippen molar-refractivity contribution in [2.75, 3.05) is 32.6 Å². The number of hydrogen-bond acceptors (Lipinski definition) is 13. The van der Waals surface area contributed by atoms with Gasteiger partial charge in [0, 0.05) is 55.0 Å². The molecule has 0 spiro atoms. The van der Waals surface area contributed by atoms with E-state index in [1.54, 1.807) is 36.8 Å². The molecule has 3 aromatic heterocycles. The van der Waals surface area contributed by atoms with E-state index in [4.69, 9.17) is 19.4 Å². The quantitative estimate of drug-likeness (QED) is 0.0945. The number of anilines is 1. The summed E-state index contributed by atoms with van der Waals surface area (Å²) in [6, 6.07) is 7.07. The minimum atomic E-state index is -3.82. The smallest absolute Gasteiger partial charge is 0.329 e. The standard InChI is InChI=1S/C46H62N8O9S3/c1-27(2)47-44-50-35(26-65-44)34-22-37(31-18-17-29(62-7)20-33(31)48-34)63-30-21-36-40(55)52-46(42(57)58)23-28(46)14-11-9-8-10-12-15-32(41(56)54(36)24-30)49-43(59)51-38(45(3,4)5)25-53(6)66(60,61)39-16-13-19-64-39/h13,16-20,22,26-28,30,32,36,38H,8-12,14-15,21,23-25H2,1-7H3,(H,47,50)(H,52,55)(H,57,58)(H2,49,51,59)/t28?,30-,32+,36+,38-,46-/m1/s1. The maximum Gasteiger partial charge on any atom is 0.329 e. The molecule has 2 saturated heterocycles. The van der Waals surface area contributed by atoms with Crippen molar-refractivity contribution in [2.45, 2.75) is 132 Å². The molecule has 3 fully saturated rings. The topological polar surface area (TPSA) is 221 Å². The zero-order valence-electron chi connectivity index (χ0n) is 38.6. The summed E-state index contributed by atoms with van der Waals surface area (Å²) in [5.74, 6) is -1.40. The normalized spacial score (nSPS) is 23.6. The molecule has 5 heterocycles. The fraction of sp³-hybridized carbons (Fsp3) is 0.565. The molecular weight excluding hydrogens is 905 g/mol. The number of methoxy groups -OCH3 is 1. The van der Waals surface area contributed by atoms with Crippen molar-refractivity contribution in [1.82, 2.24) is 35.1 Å². The number of amides is 4. The van der Waals surface area contributed by atoms with Gasteiger partial charge in [0.1, 0.15) is 45.1 Å². The van der Waals surface area contributed by atoms with Crippen LogP contribution in [0.1, 0.15) is 92.4 Å². The monoisotopic (exact) mass is 966 g/mol. The Morgan fingerprint density at radius 3 is 2.47 bits per heavy atom. The van der Waals surface area contributed by atoms with Gasteiger partial charge in [0.05, 0.1) is 24.9 Å². The number of benzene rings is 1. The minimum absolute atomic E-state index is 0.0356. The molecular formula is C46H62N8O9S3. The van der Waals surface area contributed by atoms with Crippen LogP contribution in [0.2, 0.25) is 0 Å². The zero-order valence-corrected chi connectivity index (χ0v) is 41.0. The molecule has 1 saturated carbocycles. The number of pyridine rings is 1. The third-order valence-corrected chi connectivity index (χ3v) is 16.7. The number of likely N-dealkylation sites (N-methyl/N-ethyl adjacent to an activating group) is 1. The number of urea groups is 1. The van der Waals surface area contributed by atoms with Crippen LogP contribution in [-0.4, -0.2) is 120 Å². The average Bonchev–Trinajstić information content (AvgIpc) is 3.73. The number of fused-ring (bicyclic) bond motifs is 3. The van der Waals surface area contributed by atoms with Gasteiger partial charge in [-0.3, -0.25) is 9.59 Å². The highest BCUT2D eigenvalue weighted by atomic mass is 32.2. The van der Waals surface area contributed by atoms with Crippen LogP contribution in [0.3, 0.4) is 0 Å². The molecule has 0 bridgehead atoms. The van der Waals surface area contributed by atoms with Gasteiger partial charge in [-0.25, -0.2) is 28.0 Å². The highest BCUT2D eigenvalue weighted by Gasteiger charge is 2.62. The lowest BCUT2D eigenvalue weighted by Gasteiger charge is -2.35. The number of carbonyl (C=O) groups is 4. The van der Waals surface area contributed by atoms with Crippen LogP contribution >= 0.6 is 22.7 Å². The molecule has 5 N–H and O–H groups in total. The van der Waals surface area contributed by atoms with Crippen molar-refractivity contribution >= 4 is 72.5 Å². The van der Waals surface area contributed by atoms with Crippen LogP contribution in [0.15, 0.2) is 51.4 Å². The molecule has 1 aliphatic carbocycles. The molecule has 66 heavy (non-hydrogen) atoms. The SMILES string of the molecule is COc1ccc2c(O[C@@H]3C[C@H]4C(=O)N[C@]5(C(=O)O)CC5CCCCCCC[C@H](NC(=O)N[C@H](CN(C)S(=O)(=O)c5cccs5)C(C)(C)C)C(=O)N4C3)cc(-c3csc(NC(C)C)n3)nc2c1. The summed E-state index contributed by atoms with van der Waals surface area (Å²) in [6.07, 6.45) is 4.47.